The molecule has 0 aliphatic carbocycles. The predicted molar refractivity (Wildman–Crippen MR) is 63.4 cm³/mol. The van der Waals surface area contributed by atoms with E-state index in [-0.39, 0.29) is 23.1 Å². The monoisotopic (exact) mass is 309 g/mol. The highest BCUT2D eigenvalue weighted by atomic mass is 79.9. The number of nitro benzene ring substituents is 1. The largest absolute Gasteiger partial charge is 0.484 e. The van der Waals surface area contributed by atoms with E-state index in [1.807, 2.05) is 0 Å². The number of rotatable bonds is 5. The van der Waals surface area contributed by atoms with E-state index >= 15 is 0 Å². The van der Waals surface area contributed by atoms with Crippen molar-refractivity contribution >= 4 is 33.2 Å². The molecular weight excluding hydrogens is 301 g/mol. The summed E-state index contributed by atoms with van der Waals surface area (Å²) in [5.41, 5.74) is -0.214. The number of benzene rings is 1. The van der Waals surface area contributed by atoms with Gasteiger partial charge in [0.05, 0.1) is 11.0 Å². The van der Waals surface area contributed by atoms with Crippen molar-refractivity contribution in [1.82, 2.24) is 0 Å². The molecule has 0 bridgehead atoms. The Bertz CT molecular complexity index is 388. The summed E-state index contributed by atoms with van der Waals surface area (Å²) < 4.78 is 5.13. The number of nitro groups is 1. The van der Waals surface area contributed by atoms with Crippen LogP contribution in [0.3, 0.4) is 0 Å². The molecule has 1 N–H and O–H groups in total. The Morgan fingerprint density at radius 2 is 2.31 bits per heavy atom. The van der Waals surface area contributed by atoms with Gasteiger partial charge >= 0.3 is 5.69 Å². The van der Waals surface area contributed by atoms with Gasteiger partial charge in [-0.25, -0.2) is 0 Å². The minimum absolute atomic E-state index is 0.0201. The van der Waals surface area contributed by atoms with Crippen molar-refractivity contribution in [3.05, 3.63) is 33.3 Å². The Morgan fingerprint density at radius 1 is 1.62 bits per heavy atom. The van der Waals surface area contributed by atoms with Crippen LogP contribution in [0.2, 0.25) is 5.02 Å². The molecule has 0 heterocycles. The molecule has 0 spiro atoms. The Hall–Kier alpha value is -0.850. The van der Waals surface area contributed by atoms with Crippen LogP contribution in [0.15, 0.2) is 18.2 Å². The van der Waals surface area contributed by atoms with E-state index in [1.165, 1.54) is 18.2 Å². The smallest absolute Gasteiger partial charge is 0.312 e. The van der Waals surface area contributed by atoms with Crippen molar-refractivity contribution in [2.24, 2.45) is 0 Å². The van der Waals surface area contributed by atoms with Crippen molar-refractivity contribution < 1.29 is 14.8 Å². The fraction of sp³-hybridized carbons (Fsp3) is 0.333. The van der Waals surface area contributed by atoms with Crippen LogP contribution in [-0.4, -0.2) is 28.1 Å². The van der Waals surface area contributed by atoms with E-state index in [1.54, 1.807) is 0 Å². The van der Waals surface area contributed by atoms with Crippen LogP contribution in [0.4, 0.5) is 5.69 Å². The zero-order valence-corrected chi connectivity index (χ0v) is 10.4. The molecule has 0 aliphatic heterocycles. The van der Waals surface area contributed by atoms with Crippen molar-refractivity contribution in [2.75, 3.05) is 11.9 Å². The summed E-state index contributed by atoms with van der Waals surface area (Å²) >= 11 is 8.70. The second-order valence-electron chi connectivity index (χ2n) is 2.99. The molecule has 5 nitrogen and oxygen atoms in total. The number of hydrogen-bond donors (Lipinski definition) is 1. The number of alkyl halides is 1. The molecule has 0 aliphatic rings. The Balaban J connectivity index is 2.82. The molecule has 0 saturated carbocycles. The highest BCUT2D eigenvalue weighted by molar-refractivity contribution is 9.09. The molecule has 16 heavy (non-hydrogen) atoms. The summed E-state index contributed by atoms with van der Waals surface area (Å²) in [6, 6.07) is 4.10. The van der Waals surface area contributed by atoms with Crippen LogP contribution in [0, 0.1) is 10.1 Å². The molecule has 1 atom stereocenters. The average molecular weight is 311 g/mol. The van der Waals surface area contributed by atoms with Crippen LogP contribution in [0.25, 0.3) is 0 Å². The molecule has 1 aromatic carbocycles. The van der Waals surface area contributed by atoms with Crippen LogP contribution in [0.5, 0.6) is 5.75 Å². The number of ether oxygens (including phenoxy) is 1. The lowest BCUT2D eigenvalue weighted by molar-refractivity contribution is -0.385. The molecule has 0 radical (unpaired) electrons. The van der Waals surface area contributed by atoms with Gasteiger partial charge in [0.2, 0.25) is 0 Å². The SMILES string of the molecule is O=[N+]([O-])c1cc(Cl)ccc1OCC(O)CBr. The second kappa shape index (κ2) is 6.03. The molecule has 7 heteroatoms. The first-order valence-corrected chi connectivity index (χ1v) is 5.85. The van der Waals surface area contributed by atoms with Crippen molar-refractivity contribution in [2.45, 2.75) is 6.10 Å². The van der Waals surface area contributed by atoms with Crippen LogP contribution < -0.4 is 4.74 Å². The minimum atomic E-state index is -0.713. The second-order valence-corrected chi connectivity index (χ2v) is 4.07. The first kappa shape index (κ1) is 13.2. The quantitative estimate of drug-likeness (QED) is 0.515. The molecule has 0 aromatic heterocycles. The highest BCUT2D eigenvalue weighted by Crippen LogP contribution is 2.29. The standard InChI is InChI=1S/C9H9BrClNO4/c10-4-7(13)5-16-9-2-1-6(11)3-8(9)12(14)15/h1-3,7,13H,4-5H2. The lowest BCUT2D eigenvalue weighted by Crippen LogP contribution is -2.18. The summed E-state index contributed by atoms with van der Waals surface area (Å²) in [5, 5.41) is 20.5. The number of hydrogen-bond acceptors (Lipinski definition) is 4. The molecule has 0 fully saturated rings. The van der Waals surface area contributed by atoms with Crippen LogP contribution in [-0.2, 0) is 0 Å². The van der Waals surface area contributed by atoms with Gasteiger partial charge in [0.25, 0.3) is 0 Å². The van der Waals surface area contributed by atoms with Crippen molar-refractivity contribution in [3.8, 4) is 5.75 Å². The van der Waals surface area contributed by atoms with Gasteiger partial charge in [0, 0.05) is 16.4 Å². The van der Waals surface area contributed by atoms with Gasteiger partial charge in [-0.15, -0.1) is 0 Å². The van der Waals surface area contributed by atoms with Crippen molar-refractivity contribution in [1.29, 1.82) is 0 Å². The molecule has 0 amide bonds. The van der Waals surface area contributed by atoms with E-state index in [0.29, 0.717) is 5.33 Å². The lowest BCUT2D eigenvalue weighted by atomic mass is 10.3. The van der Waals surface area contributed by atoms with Crippen LogP contribution >= 0.6 is 27.5 Å². The number of halogens is 2. The summed E-state index contributed by atoms with van der Waals surface area (Å²) in [4.78, 5) is 10.1. The van der Waals surface area contributed by atoms with E-state index in [9.17, 15) is 15.2 Å². The van der Waals surface area contributed by atoms with Gasteiger partial charge in [0.1, 0.15) is 6.61 Å². The fourth-order valence-corrected chi connectivity index (χ4v) is 1.34. The topological polar surface area (TPSA) is 72.6 Å². The van der Waals surface area contributed by atoms with Crippen molar-refractivity contribution in [3.63, 3.8) is 0 Å². The number of nitrogens with zero attached hydrogens (tertiary/aromatic N) is 1. The fourth-order valence-electron chi connectivity index (χ4n) is 0.986. The first-order valence-electron chi connectivity index (χ1n) is 4.35. The van der Waals surface area contributed by atoms with Gasteiger partial charge < -0.3 is 9.84 Å². The third-order valence-corrected chi connectivity index (χ3v) is 2.71. The first-order chi connectivity index (χ1) is 7.54. The molecule has 1 rings (SSSR count). The lowest BCUT2D eigenvalue weighted by Gasteiger charge is -2.09. The third-order valence-electron chi connectivity index (χ3n) is 1.73. The third kappa shape index (κ3) is 3.62. The van der Waals surface area contributed by atoms with E-state index in [2.05, 4.69) is 15.9 Å². The zero-order valence-electron chi connectivity index (χ0n) is 8.10. The Morgan fingerprint density at radius 3 is 2.88 bits per heavy atom. The highest BCUT2D eigenvalue weighted by Gasteiger charge is 2.16. The summed E-state index contributed by atoms with van der Waals surface area (Å²) in [6.45, 7) is -0.0201. The van der Waals surface area contributed by atoms with E-state index < -0.39 is 11.0 Å². The number of aliphatic hydroxyl groups is 1. The van der Waals surface area contributed by atoms with Gasteiger partial charge in [-0.05, 0) is 12.1 Å². The minimum Gasteiger partial charge on any atom is -0.484 e. The Labute approximate surface area is 105 Å². The average Bonchev–Trinajstić information content (AvgIpc) is 2.26. The molecular formula is C9H9BrClNO4. The maximum Gasteiger partial charge on any atom is 0.312 e. The summed E-state index contributed by atoms with van der Waals surface area (Å²) in [7, 11) is 0. The molecule has 1 aromatic rings. The van der Waals surface area contributed by atoms with Gasteiger partial charge in [0.15, 0.2) is 5.75 Å². The van der Waals surface area contributed by atoms with Crippen LogP contribution in [0.1, 0.15) is 0 Å². The molecule has 1 unspecified atom stereocenters. The van der Waals surface area contributed by atoms with Gasteiger partial charge in [-0.2, -0.15) is 0 Å². The van der Waals surface area contributed by atoms with E-state index in [4.69, 9.17) is 16.3 Å². The molecule has 88 valence electrons. The zero-order chi connectivity index (χ0) is 12.1. The predicted octanol–water partition coefficient (Wildman–Crippen LogP) is 2.38. The van der Waals surface area contributed by atoms with E-state index in [0.717, 1.165) is 0 Å². The molecule has 0 saturated heterocycles. The summed E-state index contributed by atoms with van der Waals surface area (Å²) in [5.74, 6) is 0.0920. The maximum absolute atomic E-state index is 10.7. The Kier molecular flexibility index (Phi) is 4.98. The summed E-state index contributed by atoms with van der Waals surface area (Å²) in [6.07, 6.45) is -0.713. The van der Waals surface area contributed by atoms with Gasteiger partial charge in [-0.1, -0.05) is 27.5 Å². The van der Waals surface area contributed by atoms with Gasteiger partial charge in [-0.3, -0.25) is 10.1 Å². The maximum atomic E-state index is 10.7. The normalized spacial score (nSPS) is 12.2. The number of aliphatic hydroxyl groups excluding tert-OH is 1.